The summed E-state index contributed by atoms with van der Waals surface area (Å²) in [7, 11) is 0. The van der Waals surface area contributed by atoms with Gasteiger partial charge in [-0.15, -0.1) is 21.8 Å². The molecule has 2 saturated carbocycles. The standard InChI is InChI=1S/C17H19ClN2O/c18-16(12-4-2-1-3-5-12)17-20-19-15(21-17)10-14-9-11-6-7-13(14)8-11/h1-5,11,13-14,16H,6-10H2. The van der Waals surface area contributed by atoms with Crippen LogP contribution in [-0.4, -0.2) is 10.2 Å². The van der Waals surface area contributed by atoms with Crippen molar-refractivity contribution in [2.75, 3.05) is 0 Å². The molecular weight excluding hydrogens is 284 g/mol. The lowest BCUT2D eigenvalue weighted by atomic mass is 9.86. The van der Waals surface area contributed by atoms with E-state index in [0.717, 1.165) is 35.6 Å². The van der Waals surface area contributed by atoms with Gasteiger partial charge in [-0.25, -0.2) is 0 Å². The largest absolute Gasteiger partial charge is 0.423 e. The van der Waals surface area contributed by atoms with Crippen LogP contribution >= 0.6 is 11.6 Å². The molecule has 0 radical (unpaired) electrons. The third-order valence-corrected chi connectivity index (χ3v) is 5.55. The minimum Gasteiger partial charge on any atom is -0.423 e. The second-order valence-corrected chi connectivity index (χ2v) is 6.88. The van der Waals surface area contributed by atoms with Crippen molar-refractivity contribution in [1.29, 1.82) is 0 Å². The Labute approximate surface area is 129 Å². The van der Waals surface area contributed by atoms with E-state index in [4.69, 9.17) is 16.0 Å². The van der Waals surface area contributed by atoms with Gasteiger partial charge >= 0.3 is 0 Å². The molecule has 21 heavy (non-hydrogen) atoms. The minimum absolute atomic E-state index is 0.354. The summed E-state index contributed by atoms with van der Waals surface area (Å²) in [6.45, 7) is 0. The van der Waals surface area contributed by atoms with E-state index < -0.39 is 0 Å². The van der Waals surface area contributed by atoms with E-state index in [1.807, 2.05) is 30.3 Å². The first kappa shape index (κ1) is 13.3. The average molecular weight is 303 g/mol. The van der Waals surface area contributed by atoms with Crippen LogP contribution in [-0.2, 0) is 6.42 Å². The highest BCUT2D eigenvalue weighted by Gasteiger charge is 2.40. The van der Waals surface area contributed by atoms with Crippen molar-refractivity contribution in [1.82, 2.24) is 10.2 Å². The molecule has 1 heterocycles. The molecular formula is C17H19ClN2O. The number of alkyl halides is 1. The molecule has 0 N–H and O–H groups in total. The number of benzene rings is 1. The highest BCUT2D eigenvalue weighted by atomic mass is 35.5. The number of rotatable bonds is 4. The van der Waals surface area contributed by atoms with E-state index in [0.29, 0.717) is 5.89 Å². The summed E-state index contributed by atoms with van der Waals surface area (Å²) >= 11 is 6.43. The van der Waals surface area contributed by atoms with E-state index in [2.05, 4.69) is 10.2 Å². The molecule has 0 saturated heterocycles. The molecule has 3 nitrogen and oxygen atoms in total. The van der Waals surface area contributed by atoms with Crippen molar-refractivity contribution in [3.8, 4) is 0 Å². The fraction of sp³-hybridized carbons (Fsp3) is 0.529. The Morgan fingerprint density at radius 1 is 1.14 bits per heavy atom. The molecule has 1 aromatic carbocycles. The molecule has 4 atom stereocenters. The van der Waals surface area contributed by atoms with Crippen LogP contribution in [0.5, 0.6) is 0 Å². The van der Waals surface area contributed by atoms with Crippen LogP contribution in [0.3, 0.4) is 0 Å². The zero-order valence-electron chi connectivity index (χ0n) is 11.9. The van der Waals surface area contributed by atoms with Crippen LogP contribution in [0.25, 0.3) is 0 Å². The van der Waals surface area contributed by atoms with E-state index in [-0.39, 0.29) is 5.38 Å². The number of hydrogen-bond donors (Lipinski definition) is 0. The maximum Gasteiger partial charge on any atom is 0.238 e. The second kappa shape index (κ2) is 5.45. The van der Waals surface area contributed by atoms with Gasteiger partial charge in [0, 0.05) is 6.42 Å². The maximum absolute atomic E-state index is 6.43. The molecule has 1 aromatic heterocycles. The first-order chi connectivity index (χ1) is 10.3. The number of aromatic nitrogens is 2. The van der Waals surface area contributed by atoms with Crippen molar-refractivity contribution < 1.29 is 4.42 Å². The lowest BCUT2D eigenvalue weighted by molar-refractivity contribution is 0.304. The molecule has 0 aliphatic heterocycles. The molecule has 2 fully saturated rings. The fourth-order valence-corrected chi connectivity index (χ4v) is 4.30. The molecule has 0 amide bonds. The lowest BCUT2D eigenvalue weighted by Crippen LogP contribution is -2.13. The van der Waals surface area contributed by atoms with Crippen molar-refractivity contribution in [3.63, 3.8) is 0 Å². The minimum atomic E-state index is -0.354. The van der Waals surface area contributed by atoms with Gasteiger partial charge in [0.15, 0.2) is 0 Å². The van der Waals surface area contributed by atoms with Crippen LogP contribution in [0.4, 0.5) is 0 Å². The zero-order chi connectivity index (χ0) is 14.2. The third-order valence-electron chi connectivity index (χ3n) is 5.11. The third kappa shape index (κ3) is 2.59. The summed E-state index contributed by atoms with van der Waals surface area (Å²) in [5, 5.41) is 8.00. The van der Waals surface area contributed by atoms with Crippen LogP contribution in [0.15, 0.2) is 34.7 Å². The van der Waals surface area contributed by atoms with Gasteiger partial charge in [-0.2, -0.15) is 0 Å². The van der Waals surface area contributed by atoms with Gasteiger partial charge in [0.2, 0.25) is 11.8 Å². The second-order valence-electron chi connectivity index (χ2n) is 6.45. The molecule has 2 aliphatic rings. The average Bonchev–Trinajstić information content (AvgIpc) is 3.24. The first-order valence-corrected chi connectivity index (χ1v) is 8.24. The normalized spacial score (nSPS) is 28.9. The van der Waals surface area contributed by atoms with Crippen LogP contribution in [0.1, 0.15) is 48.4 Å². The number of hydrogen-bond acceptors (Lipinski definition) is 3. The van der Waals surface area contributed by atoms with Crippen molar-refractivity contribution in [2.24, 2.45) is 17.8 Å². The van der Waals surface area contributed by atoms with Crippen LogP contribution < -0.4 is 0 Å². The van der Waals surface area contributed by atoms with E-state index in [9.17, 15) is 0 Å². The molecule has 4 heteroatoms. The maximum atomic E-state index is 6.43. The molecule has 0 spiro atoms. The summed E-state index contributed by atoms with van der Waals surface area (Å²) in [6, 6.07) is 9.88. The smallest absolute Gasteiger partial charge is 0.238 e. The summed E-state index contributed by atoms with van der Waals surface area (Å²) in [6.07, 6.45) is 6.48. The Morgan fingerprint density at radius 3 is 2.71 bits per heavy atom. The van der Waals surface area contributed by atoms with Gasteiger partial charge < -0.3 is 4.42 Å². The predicted molar refractivity (Wildman–Crippen MR) is 81.1 cm³/mol. The molecule has 4 unspecified atom stereocenters. The fourth-order valence-electron chi connectivity index (χ4n) is 4.07. The van der Waals surface area contributed by atoms with Crippen molar-refractivity contribution in [3.05, 3.63) is 47.7 Å². The molecule has 2 aliphatic carbocycles. The Morgan fingerprint density at radius 2 is 2.00 bits per heavy atom. The quantitative estimate of drug-likeness (QED) is 0.787. The summed E-state index contributed by atoms with van der Waals surface area (Å²) in [4.78, 5) is 0. The molecule has 110 valence electrons. The first-order valence-electron chi connectivity index (χ1n) is 7.81. The molecule has 2 bridgehead atoms. The number of fused-ring (bicyclic) bond motifs is 2. The number of halogens is 1. The SMILES string of the molecule is ClC(c1ccccc1)c1nnc(CC2CC3CCC2C3)o1. The van der Waals surface area contributed by atoms with Crippen LogP contribution in [0.2, 0.25) is 0 Å². The van der Waals surface area contributed by atoms with E-state index in [1.54, 1.807) is 0 Å². The highest BCUT2D eigenvalue weighted by molar-refractivity contribution is 6.22. The summed E-state index contributed by atoms with van der Waals surface area (Å²) in [5.74, 6) is 3.84. The highest BCUT2D eigenvalue weighted by Crippen LogP contribution is 2.49. The van der Waals surface area contributed by atoms with Gasteiger partial charge in [-0.1, -0.05) is 36.8 Å². The van der Waals surface area contributed by atoms with Crippen molar-refractivity contribution >= 4 is 11.6 Å². The topological polar surface area (TPSA) is 38.9 Å². The Hall–Kier alpha value is -1.35. The van der Waals surface area contributed by atoms with Crippen molar-refractivity contribution in [2.45, 2.75) is 37.5 Å². The Balaban J connectivity index is 1.46. The molecule has 4 rings (SSSR count). The summed E-state index contributed by atoms with van der Waals surface area (Å²) < 4.78 is 5.82. The Kier molecular flexibility index (Phi) is 3.46. The van der Waals surface area contributed by atoms with Gasteiger partial charge in [-0.3, -0.25) is 0 Å². The van der Waals surface area contributed by atoms with Gasteiger partial charge in [0.05, 0.1) is 0 Å². The van der Waals surface area contributed by atoms with Gasteiger partial charge in [0.1, 0.15) is 5.38 Å². The van der Waals surface area contributed by atoms with E-state index >= 15 is 0 Å². The van der Waals surface area contributed by atoms with Gasteiger partial charge in [-0.05, 0) is 42.6 Å². The Bertz CT molecular complexity index is 612. The number of nitrogens with zero attached hydrogens (tertiary/aromatic N) is 2. The zero-order valence-corrected chi connectivity index (χ0v) is 12.7. The monoisotopic (exact) mass is 302 g/mol. The predicted octanol–water partition coefficient (Wildman–Crippen LogP) is 4.38. The molecule has 2 aromatic rings. The van der Waals surface area contributed by atoms with Crippen LogP contribution in [0, 0.1) is 17.8 Å². The van der Waals surface area contributed by atoms with Gasteiger partial charge in [0.25, 0.3) is 0 Å². The summed E-state index contributed by atoms with van der Waals surface area (Å²) in [5.41, 5.74) is 0.995. The van der Waals surface area contributed by atoms with E-state index in [1.165, 1.54) is 25.7 Å². The lowest BCUT2D eigenvalue weighted by Gasteiger charge is -2.19.